The smallest absolute Gasteiger partial charge is 0.406 e. The van der Waals surface area contributed by atoms with E-state index in [4.69, 9.17) is 4.74 Å². The number of carbonyl (C=O) groups is 1. The van der Waals surface area contributed by atoms with Crippen LogP contribution in [0.4, 0.5) is 13.2 Å². The maximum Gasteiger partial charge on any atom is 0.406 e. The van der Waals surface area contributed by atoms with Gasteiger partial charge in [0.2, 0.25) is 5.91 Å². The van der Waals surface area contributed by atoms with E-state index in [-0.39, 0.29) is 6.54 Å². The van der Waals surface area contributed by atoms with Gasteiger partial charge >= 0.3 is 6.18 Å². The molecule has 0 saturated heterocycles. The highest BCUT2D eigenvalue weighted by atomic mass is 19.4. The lowest BCUT2D eigenvalue weighted by atomic mass is 10.2. The molecule has 1 amide bonds. The van der Waals surface area contributed by atoms with Crippen LogP contribution in [0, 0.1) is 0 Å². The van der Waals surface area contributed by atoms with Crippen LogP contribution < -0.4 is 4.74 Å². The summed E-state index contributed by atoms with van der Waals surface area (Å²) in [6.45, 7) is 4.16. The van der Waals surface area contributed by atoms with Crippen molar-refractivity contribution in [1.82, 2.24) is 4.90 Å². The van der Waals surface area contributed by atoms with Gasteiger partial charge in [0, 0.05) is 18.2 Å². The molecule has 0 aliphatic rings. The van der Waals surface area contributed by atoms with Gasteiger partial charge in [-0.05, 0) is 19.1 Å². The Balaban J connectivity index is 2.86. The lowest BCUT2D eigenvalue weighted by Crippen LogP contribution is -2.38. The fraction of sp³-hybridized carbons (Fsp3) is 0.312. The van der Waals surface area contributed by atoms with Crippen molar-refractivity contribution in [3.8, 4) is 5.75 Å². The summed E-state index contributed by atoms with van der Waals surface area (Å²) in [6, 6.07) is 6.98. The van der Waals surface area contributed by atoms with Crippen molar-refractivity contribution in [1.29, 1.82) is 0 Å². The van der Waals surface area contributed by atoms with E-state index in [1.807, 2.05) is 6.92 Å². The lowest BCUT2D eigenvalue weighted by Gasteiger charge is -2.21. The molecule has 0 aliphatic heterocycles. The van der Waals surface area contributed by atoms with E-state index in [2.05, 4.69) is 6.58 Å². The van der Waals surface area contributed by atoms with Crippen LogP contribution in [0.5, 0.6) is 5.75 Å². The van der Waals surface area contributed by atoms with Gasteiger partial charge in [0.25, 0.3) is 0 Å². The first kappa shape index (κ1) is 17.8. The third kappa shape index (κ3) is 6.03. The molecule has 0 atom stereocenters. The van der Waals surface area contributed by atoms with Crippen LogP contribution in [0.15, 0.2) is 43.0 Å². The number of ether oxygens (including phenoxy) is 1. The Bertz CT molecular complexity index is 538. The fourth-order valence-electron chi connectivity index (χ4n) is 1.78. The van der Waals surface area contributed by atoms with Gasteiger partial charge in [0.1, 0.15) is 12.3 Å². The first-order valence-electron chi connectivity index (χ1n) is 6.74. The van der Waals surface area contributed by atoms with Crippen molar-refractivity contribution in [3.63, 3.8) is 0 Å². The number of carbonyl (C=O) groups excluding carboxylic acids is 1. The Morgan fingerprint density at radius 2 is 2.05 bits per heavy atom. The molecule has 1 rings (SSSR count). The fourth-order valence-corrected chi connectivity index (χ4v) is 1.78. The molecule has 0 N–H and O–H groups in total. The second-order valence-electron chi connectivity index (χ2n) is 4.43. The van der Waals surface area contributed by atoms with E-state index in [0.717, 1.165) is 6.08 Å². The minimum absolute atomic E-state index is 0.171. The molecule has 0 heterocycles. The average Bonchev–Trinajstić information content (AvgIpc) is 2.44. The van der Waals surface area contributed by atoms with Crippen molar-refractivity contribution in [3.05, 3.63) is 48.6 Å². The number of halogens is 3. The minimum atomic E-state index is -4.45. The molecule has 0 bridgehead atoms. The van der Waals surface area contributed by atoms with Crippen molar-refractivity contribution in [2.45, 2.75) is 13.1 Å². The Labute approximate surface area is 127 Å². The summed E-state index contributed by atoms with van der Waals surface area (Å²) in [4.78, 5) is 12.6. The predicted molar refractivity (Wildman–Crippen MR) is 79.5 cm³/mol. The molecule has 0 aliphatic carbocycles. The molecule has 1 aromatic carbocycles. The first-order chi connectivity index (χ1) is 10.4. The maximum absolute atomic E-state index is 12.4. The topological polar surface area (TPSA) is 29.5 Å². The molecular weight excluding hydrogens is 295 g/mol. The standard InChI is InChI=1S/C16H18F3NO2/c1-3-11-20(12-16(17,18)19)15(21)10-9-13-7-5-6-8-14(13)22-4-2/h3,5-10H,1,4,11-12H2,2H3/b10-9+. The summed E-state index contributed by atoms with van der Waals surface area (Å²) in [6.07, 6.45) is -0.645. The highest BCUT2D eigenvalue weighted by molar-refractivity contribution is 5.92. The van der Waals surface area contributed by atoms with Gasteiger partial charge in [0.15, 0.2) is 0 Å². The third-order valence-corrected chi connectivity index (χ3v) is 2.66. The zero-order valence-corrected chi connectivity index (χ0v) is 12.3. The van der Waals surface area contributed by atoms with E-state index in [9.17, 15) is 18.0 Å². The molecule has 1 aromatic rings. The minimum Gasteiger partial charge on any atom is -0.493 e. The van der Waals surface area contributed by atoms with Gasteiger partial charge in [-0.25, -0.2) is 0 Å². The van der Waals surface area contributed by atoms with E-state index >= 15 is 0 Å². The monoisotopic (exact) mass is 313 g/mol. The molecular formula is C16H18F3NO2. The van der Waals surface area contributed by atoms with Crippen LogP contribution in [0.25, 0.3) is 6.08 Å². The van der Waals surface area contributed by atoms with Crippen molar-refractivity contribution in [2.24, 2.45) is 0 Å². The number of alkyl halides is 3. The number of hydrogen-bond donors (Lipinski definition) is 0. The van der Waals surface area contributed by atoms with Gasteiger partial charge in [-0.15, -0.1) is 6.58 Å². The number of benzene rings is 1. The zero-order valence-electron chi connectivity index (χ0n) is 12.3. The van der Waals surface area contributed by atoms with Crippen LogP contribution in [0.1, 0.15) is 12.5 Å². The molecule has 0 fully saturated rings. The summed E-state index contributed by atoms with van der Waals surface area (Å²) in [5, 5.41) is 0. The van der Waals surface area contributed by atoms with E-state index in [1.165, 1.54) is 12.2 Å². The largest absolute Gasteiger partial charge is 0.493 e. The predicted octanol–water partition coefficient (Wildman–Crippen LogP) is 3.68. The zero-order chi connectivity index (χ0) is 16.6. The highest BCUT2D eigenvalue weighted by Crippen LogP contribution is 2.20. The number of rotatable bonds is 7. The van der Waals surface area contributed by atoms with Crippen LogP contribution in [-0.2, 0) is 4.79 Å². The van der Waals surface area contributed by atoms with Crippen LogP contribution in [-0.4, -0.2) is 36.7 Å². The average molecular weight is 313 g/mol. The second kappa shape index (κ2) is 8.26. The lowest BCUT2D eigenvalue weighted by molar-refractivity contribution is -0.157. The Hall–Kier alpha value is -2.24. The summed E-state index contributed by atoms with van der Waals surface area (Å²) >= 11 is 0. The highest BCUT2D eigenvalue weighted by Gasteiger charge is 2.31. The molecule has 0 unspecified atom stereocenters. The maximum atomic E-state index is 12.4. The van der Waals surface area contributed by atoms with E-state index in [0.29, 0.717) is 22.8 Å². The van der Waals surface area contributed by atoms with Crippen molar-refractivity contribution < 1.29 is 22.7 Å². The molecule has 120 valence electrons. The van der Waals surface area contributed by atoms with E-state index < -0.39 is 18.6 Å². The Morgan fingerprint density at radius 3 is 2.64 bits per heavy atom. The molecule has 3 nitrogen and oxygen atoms in total. The molecule has 0 radical (unpaired) electrons. The summed E-state index contributed by atoms with van der Waals surface area (Å²) in [5.41, 5.74) is 0.628. The summed E-state index contributed by atoms with van der Waals surface area (Å²) in [7, 11) is 0. The number of amides is 1. The third-order valence-electron chi connectivity index (χ3n) is 2.66. The number of hydrogen-bond acceptors (Lipinski definition) is 2. The SMILES string of the molecule is C=CCN(CC(F)(F)F)C(=O)/C=C/c1ccccc1OCC. The van der Waals surface area contributed by atoms with Crippen molar-refractivity contribution in [2.75, 3.05) is 19.7 Å². The molecule has 0 spiro atoms. The molecule has 22 heavy (non-hydrogen) atoms. The van der Waals surface area contributed by atoms with Crippen LogP contribution in [0.3, 0.4) is 0 Å². The van der Waals surface area contributed by atoms with Gasteiger partial charge in [0.05, 0.1) is 6.61 Å². The van der Waals surface area contributed by atoms with E-state index in [1.54, 1.807) is 24.3 Å². The van der Waals surface area contributed by atoms with Gasteiger partial charge in [-0.1, -0.05) is 24.3 Å². The molecule has 0 aromatic heterocycles. The number of para-hydroxylation sites is 1. The number of nitrogens with zero attached hydrogens (tertiary/aromatic N) is 1. The quantitative estimate of drug-likeness (QED) is 0.568. The molecule has 0 saturated carbocycles. The second-order valence-corrected chi connectivity index (χ2v) is 4.43. The van der Waals surface area contributed by atoms with Gasteiger partial charge < -0.3 is 9.64 Å². The summed E-state index contributed by atoms with van der Waals surface area (Å²) in [5.74, 6) is -0.163. The normalized spacial score (nSPS) is 11.5. The summed E-state index contributed by atoms with van der Waals surface area (Å²) < 4.78 is 42.7. The van der Waals surface area contributed by atoms with Crippen LogP contribution >= 0.6 is 0 Å². The van der Waals surface area contributed by atoms with Crippen LogP contribution in [0.2, 0.25) is 0 Å². The van der Waals surface area contributed by atoms with Crippen molar-refractivity contribution >= 4 is 12.0 Å². The van der Waals surface area contributed by atoms with Gasteiger partial charge in [-0.3, -0.25) is 4.79 Å². The Morgan fingerprint density at radius 1 is 1.36 bits per heavy atom. The molecule has 6 heteroatoms. The first-order valence-corrected chi connectivity index (χ1v) is 6.74. The Kier molecular flexibility index (Phi) is 6.69. The van der Waals surface area contributed by atoms with Gasteiger partial charge in [-0.2, -0.15) is 13.2 Å².